The van der Waals surface area contributed by atoms with Crippen molar-refractivity contribution in [1.29, 1.82) is 0 Å². The minimum Gasteiger partial charge on any atom is -0.268 e. The van der Waals surface area contributed by atoms with Gasteiger partial charge >= 0.3 is 0 Å². The monoisotopic (exact) mass is 321 g/mol. The van der Waals surface area contributed by atoms with Gasteiger partial charge in [0.1, 0.15) is 0 Å². The van der Waals surface area contributed by atoms with Crippen LogP contribution in [0, 0.1) is 0 Å². The molecule has 0 N–H and O–H groups in total. The molecule has 3 nitrogen and oxygen atoms in total. The molecule has 124 valence electrons. The predicted molar refractivity (Wildman–Crippen MR) is 96.5 cm³/mol. The Morgan fingerprint density at radius 2 is 1.33 bits per heavy atom. The van der Waals surface area contributed by atoms with Gasteiger partial charge in [-0.1, -0.05) is 62.9 Å². The molecule has 2 amide bonds. The van der Waals surface area contributed by atoms with Crippen LogP contribution in [0.2, 0.25) is 0 Å². The molecule has 0 aromatic heterocycles. The van der Waals surface area contributed by atoms with E-state index < -0.39 is 0 Å². The molecule has 0 atom stereocenters. The molecule has 0 unspecified atom stereocenters. The van der Waals surface area contributed by atoms with Crippen molar-refractivity contribution in [3.05, 3.63) is 65.2 Å². The van der Waals surface area contributed by atoms with E-state index in [2.05, 4.69) is 6.92 Å². The second-order valence-electron chi connectivity index (χ2n) is 6.28. The summed E-state index contributed by atoms with van der Waals surface area (Å²) in [6.45, 7) is 2.21. The number of carbonyl (C=O) groups excluding carboxylic acids is 2. The summed E-state index contributed by atoms with van der Waals surface area (Å²) in [6, 6.07) is 14.8. The summed E-state index contributed by atoms with van der Waals surface area (Å²) in [5.74, 6) is -0.428. The molecule has 0 aliphatic carbocycles. The lowest BCUT2D eigenvalue weighted by atomic mass is 10.0. The zero-order valence-electron chi connectivity index (χ0n) is 14.1. The van der Waals surface area contributed by atoms with E-state index in [0.717, 1.165) is 24.1 Å². The molecule has 2 aromatic carbocycles. The van der Waals surface area contributed by atoms with E-state index in [0.29, 0.717) is 11.1 Å². The third kappa shape index (κ3) is 3.12. The Balaban J connectivity index is 1.81. The maximum absolute atomic E-state index is 12.7. The van der Waals surface area contributed by atoms with Crippen molar-refractivity contribution in [1.82, 2.24) is 0 Å². The number of benzene rings is 2. The average molecular weight is 321 g/mol. The highest BCUT2D eigenvalue weighted by molar-refractivity contribution is 6.34. The maximum Gasteiger partial charge on any atom is 0.266 e. The summed E-state index contributed by atoms with van der Waals surface area (Å²) in [5.41, 5.74) is 2.81. The second kappa shape index (κ2) is 7.43. The zero-order valence-corrected chi connectivity index (χ0v) is 14.1. The molecule has 24 heavy (non-hydrogen) atoms. The van der Waals surface area contributed by atoms with E-state index in [1.165, 1.54) is 30.6 Å². The van der Waals surface area contributed by atoms with E-state index in [9.17, 15) is 9.59 Å². The molecule has 0 spiro atoms. The van der Waals surface area contributed by atoms with Gasteiger partial charge in [-0.25, -0.2) is 4.90 Å². The summed E-state index contributed by atoms with van der Waals surface area (Å²) in [7, 11) is 0. The van der Waals surface area contributed by atoms with Crippen molar-refractivity contribution < 1.29 is 9.59 Å². The van der Waals surface area contributed by atoms with Crippen molar-refractivity contribution in [2.24, 2.45) is 0 Å². The molecular formula is C21H23NO2. The summed E-state index contributed by atoms with van der Waals surface area (Å²) in [6.07, 6.45) is 6.90. The largest absolute Gasteiger partial charge is 0.268 e. The third-order valence-electron chi connectivity index (χ3n) is 4.58. The van der Waals surface area contributed by atoms with Gasteiger partial charge in [-0.2, -0.15) is 0 Å². The van der Waals surface area contributed by atoms with Gasteiger partial charge in [0.15, 0.2) is 0 Å². The van der Waals surface area contributed by atoms with Gasteiger partial charge in [0.25, 0.3) is 11.8 Å². The first-order valence-electron chi connectivity index (χ1n) is 8.79. The minimum absolute atomic E-state index is 0.214. The van der Waals surface area contributed by atoms with E-state index in [1.54, 1.807) is 24.3 Å². The molecule has 3 heteroatoms. The molecule has 1 aliphatic rings. The fourth-order valence-electron chi connectivity index (χ4n) is 3.27. The number of nitrogens with zero attached hydrogens (tertiary/aromatic N) is 1. The Bertz CT molecular complexity index is 716. The van der Waals surface area contributed by atoms with E-state index in [4.69, 9.17) is 0 Å². The molecule has 0 fully saturated rings. The topological polar surface area (TPSA) is 37.4 Å². The number of anilines is 1. The van der Waals surface area contributed by atoms with Crippen molar-refractivity contribution in [2.45, 2.75) is 45.4 Å². The zero-order chi connectivity index (χ0) is 16.9. The van der Waals surface area contributed by atoms with Gasteiger partial charge < -0.3 is 0 Å². The summed E-state index contributed by atoms with van der Waals surface area (Å²) >= 11 is 0. The quantitative estimate of drug-likeness (QED) is 0.531. The fourth-order valence-corrected chi connectivity index (χ4v) is 3.27. The summed E-state index contributed by atoms with van der Waals surface area (Å²) < 4.78 is 0. The van der Waals surface area contributed by atoms with Gasteiger partial charge in [0, 0.05) is 0 Å². The van der Waals surface area contributed by atoms with Crippen LogP contribution < -0.4 is 4.90 Å². The molecule has 1 heterocycles. The number of hydrogen-bond acceptors (Lipinski definition) is 2. The number of fused-ring (bicyclic) bond motifs is 1. The highest BCUT2D eigenvalue weighted by Crippen LogP contribution is 2.31. The van der Waals surface area contributed by atoms with Gasteiger partial charge in [0.05, 0.1) is 16.8 Å². The number of rotatable bonds is 7. The van der Waals surface area contributed by atoms with Gasteiger partial charge in [0.2, 0.25) is 0 Å². The highest BCUT2D eigenvalue weighted by Gasteiger charge is 2.36. The van der Waals surface area contributed by atoms with Crippen molar-refractivity contribution in [3.63, 3.8) is 0 Å². The lowest BCUT2D eigenvalue weighted by Crippen LogP contribution is -2.30. The lowest BCUT2D eigenvalue weighted by Gasteiger charge is -2.18. The number of carbonyl (C=O) groups is 2. The molecule has 0 bridgehead atoms. The molecule has 0 saturated carbocycles. The van der Waals surface area contributed by atoms with Crippen LogP contribution in [0.5, 0.6) is 0 Å². The van der Waals surface area contributed by atoms with Crippen molar-refractivity contribution in [3.8, 4) is 0 Å². The normalized spacial score (nSPS) is 13.5. The van der Waals surface area contributed by atoms with E-state index >= 15 is 0 Å². The summed E-state index contributed by atoms with van der Waals surface area (Å²) in [4.78, 5) is 26.7. The third-order valence-corrected chi connectivity index (χ3v) is 4.58. The van der Waals surface area contributed by atoms with Crippen LogP contribution >= 0.6 is 0 Å². The van der Waals surface area contributed by atoms with Gasteiger partial charge in [-0.05, 0) is 36.6 Å². The van der Waals surface area contributed by atoms with Crippen LogP contribution in [0.1, 0.15) is 65.3 Å². The molecule has 0 radical (unpaired) electrons. The number of amides is 2. The molecule has 1 aliphatic heterocycles. The smallest absolute Gasteiger partial charge is 0.266 e. The summed E-state index contributed by atoms with van der Waals surface area (Å²) in [5, 5.41) is 0. The Kier molecular flexibility index (Phi) is 5.09. The van der Waals surface area contributed by atoms with Crippen LogP contribution in [0.3, 0.4) is 0 Å². The van der Waals surface area contributed by atoms with Crippen LogP contribution in [0.15, 0.2) is 48.5 Å². The first-order chi connectivity index (χ1) is 11.7. The van der Waals surface area contributed by atoms with Crippen molar-refractivity contribution in [2.75, 3.05) is 4.90 Å². The molecule has 2 aromatic rings. The average Bonchev–Trinajstić information content (AvgIpc) is 2.87. The van der Waals surface area contributed by atoms with Crippen LogP contribution in [0.25, 0.3) is 0 Å². The minimum atomic E-state index is -0.214. The van der Waals surface area contributed by atoms with E-state index in [1.807, 2.05) is 24.3 Å². The first-order valence-corrected chi connectivity index (χ1v) is 8.79. The van der Waals surface area contributed by atoms with Crippen LogP contribution in [0.4, 0.5) is 5.69 Å². The lowest BCUT2D eigenvalue weighted by molar-refractivity contribution is 0.0926. The van der Waals surface area contributed by atoms with E-state index in [-0.39, 0.29) is 11.8 Å². The standard InChI is InChI=1S/C21H23NO2/c1-2-3-4-5-6-11-16-12-7-10-15-19(16)22-20(23)17-13-8-9-14-18(17)21(22)24/h7-10,12-15H,2-6,11H2,1H3. The number of unbranched alkanes of at least 4 members (excludes halogenated alkanes) is 4. The van der Waals surface area contributed by atoms with Gasteiger partial charge in [-0.15, -0.1) is 0 Å². The maximum atomic E-state index is 12.7. The first kappa shape index (κ1) is 16.4. The molecule has 0 saturated heterocycles. The van der Waals surface area contributed by atoms with Crippen molar-refractivity contribution >= 4 is 17.5 Å². The Morgan fingerprint density at radius 3 is 2.00 bits per heavy atom. The highest BCUT2D eigenvalue weighted by atomic mass is 16.2. The van der Waals surface area contributed by atoms with Crippen LogP contribution in [-0.2, 0) is 6.42 Å². The predicted octanol–water partition coefficient (Wildman–Crippen LogP) is 5.00. The Labute approximate surface area is 143 Å². The fraction of sp³-hybridized carbons (Fsp3) is 0.333. The number of para-hydroxylation sites is 1. The Morgan fingerprint density at radius 1 is 0.750 bits per heavy atom. The SMILES string of the molecule is CCCCCCCc1ccccc1N1C(=O)c2ccccc2C1=O. The molecule has 3 rings (SSSR count). The Hall–Kier alpha value is -2.42. The van der Waals surface area contributed by atoms with Gasteiger partial charge in [-0.3, -0.25) is 9.59 Å². The number of imide groups is 1. The second-order valence-corrected chi connectivity index (χ2v) is 6.28. The molecular weight excluding hydrogens is 298 g/mol. The number of aryl methyl sites for hydroxylation is 1. The number of hydrogen-bond donors (Lipinski definition) is 0. The van der Waals surface area contributed by atoms with Crippen LogP contribution in [-0.4, -0.2) is 11.8 Å².